The van der Waals surface area contributed by atoms with E-state index in [-0.39, 0.29) is 18.3 Å². The van der Waals surface area contributed by atoms with E-state index in [0.717, 1.165) is 10.5 Å². The van der Waals surface area contributed by atoms with Crippen molar-refractivity contribution in [1.82, 2.24) is 0 Å². The van der Waals surface area contributed by atoms with Gasteiger partial charge in [-0.3, -0.25) is 4.79 Å². The number of carbonyl (C=O) groups excluding carboxylic acids is 1. The van der Waals surface area contributed by atoms with Crippen molar-refractivity contribution < 1.29 is 23.6 Å². The number of likely N-dealkylation sites (N-methyl/N-ethyl adjacent to an activating group) is 1. The molecule has 1 unspecified atom stereocenters. The van der Waals surface area contributed by atoms with Crippen LogP contribution in [0, 0.1) is 5.82 Å². The molecule has 0 fully saturated rings. The van der Waals surface area contributed by atoms with Crippen LogP contribution in [0.1, 0.15) is 5.56 Å². The molecular formula is C18H22FN2O3+. The lowest BCUT2D eigenvalue weighted by molar-refractivity contribution is -0.885. The third-order valence-electron chi connectivity index (χ3n) is 3.55. The lowest BCUT2D eigenvalue weighted by atomic mass is 10.1. The van der Waals surface area contributed by atoms with E-state index >= 15 is 0 Å². The minimum atomic E-state index is -0.380. The van der Waals surface area contributed by atoms with Crippen molar-refractivity contribution in [3.63, 3.8) is 0 Å². The summed E-state index contributed by atoms with van der Waals surface area (Å²) in [5.74, 6) is 0.770. The first-order valence-corrected chi connectivity index (χ1v) is 7.60. The minimum Gasteiger partial charge on any atom is -0.493 e. The molecule has 0 heterocycles. The highest BCUT2D eigenvalue weighted by atomic mass is 19.1. The predicted octanol–water partition coefficient (Wildman–Crippen LogP) is 1.50. The first-order valence-electron chi connectivity index (χ1n) is 7.60. The third kappa shape index (κ3) is 4.70. The molecule has 0 spiro atoms. The van der Waals surface area contributed by atoms with Crippen LogP contribution in [-0.2, 0) is 11.3 Å². The Kier molecular flexibility index (Phi) is 6.14. The quantitative estimate of drug-likeness (QED) is 0.807. The van der Waals surface area contributed by atoms with E-state index in [4.69, 9.17) is 9.47 Å². The lowest BCUT2D eigenvalue weighted by Gasteiger charge is -2.17. The van der Waals surface area contributed by atoms with Crippen molar-refractivity contribution in [3.05, 3.63) is 53.8 Å². The van der Waals surface area contributed by atoms with Crippen LogP contribution < -0.4 is 19.7 Å². The van der Waals surface area contributed by atoms with Gasteiger partial charge in [-0.05, 0) is 30.3 Å². The molecule has 0 saturated carbocycles. The highest BCUT2D eigenvalue weighted by Gasteiger charge is 2.16. The number of rotatable bonds is 7. The van der Waals surface area contributed by atoms with Gasteiger partial charge in [0.05, 0.1) is 26.8 Å². The minimum absolute atomic E-state index is 0.181. The summed E-state index contributed by atoms with van der Waals surface area (Å²) in [6.07, 6.45) is 0. The van der Waals surface area contributed by atoms with Crippen molar-refractivity contribution in [2.45, 2.75) is 6.54 Å². The van der Waals surface area contributed by atoms with E-state index in [1.54, 1.807) is 26.4 Å². The van der Waals surface area contributed by atoms with Gasteiger partial charge in [0.2, 0.25) is 0 Å². The van der Waals surface area contributed by atoms with Crippen LogP contribution in [0.25, 0.3) is 0 Å². The molecule has 0 aliphatic carbocycles. The van der Waals surface area contributed by atoms with E-state index in [1.807, 2.05) is 25.2 Å². The number of para-hydroxylation sites is 1. The standard InChI is InChI=1S/C18H21FN2O3/c1-21(11-13-6-4-9-16(23-2)18(13)24-3)12-17(22)20-15-8-5-7-14(19)10-15/h4-10H,11-12H2,1-3H3,(H,20,22)/p+1. The number of amides is 1. The van der Waals surface area contributed by atoms with E-state index in [0.29, 0.717) is 23.7 Å². The fourth-order valence-corrected chi connectivity index (χ4v) is 2.53. The number of halogens is 1. The van der Waals surface area contributed by atoms with Crippen molar-refractivity contribution in [2.24, 2.45) is 0 Å². The molecule has 0 saturated heterocycles. The second-order valence-corrected chi connectivity index (χ2v) is 5.52. The van der Waals surface area contributed by atoms with Crippen LogP contribution in [0.3, 0.4) is 0 Å². The first-order chi connectivity index (χ1) is 11.5. The van der Waals surface area contributed by atoms with E-state index in [9.17, 15) is 9.18 Å². The molecule has 0 aliphatic rings. The van der Waals surface area contributed by atoms with Gasteiger partial charge in [-0.25, -0.2) is 4.39 Å². The number of quaternary nitrogens is 1. The van der Waals surface area contributed by atoms with Gasteiger partial charge >= 0.3 is 0 Å². The Morgan fingerprint density at radius 2 is 1.92 bits per heavy atom. The van der Waals surface area contributed by atoms with Crippen molar-refractivity contribution in [1.29, 1.82) is 0 Å². The summed E-state index contributed by atoms with van der Waals surface area (Å²) >= 11 is 0. The maximum atomic E-state index is 13.1. The second kappa shape index (κ2) is 8.31. The molecular weight excluding hydrogens is 311 g/mol. The Morgan fingerprint density at radius 1 is 1.17 bits per heavy atom. The smallest absolute Gasteiger partial charge is 0.279 e. The Balaban J connectivity index is 1.98. The van der Waals surface area contributed by atoms with Gasteiger partial charge in [0.1, 0.15) is 12.4 Å². The molecule has 6 heteroatoms. The molecule has 2 aromatic rings. The highest BCUT2D eigenvalue weighted by Crippen LogP contribution is 2.29. The summed E-state index contributed by atoms with van der Waals surface area (Å²) in [5.41, 5.74) is 1.40. The van der Waals surface area contributed by atoms with Crippen molar-refractivity contribution in [3.8, 4) is 11.5 Å². The average molecular weight is 333 g/mol. The molecule has 2 aromatic carbocycles. The zero-order chi connectivity index (χ0) is 17.5. The maximum absolute atomic E-state index is 13.1. The summed E-state index contributed by atoms with van der Waals surface area (Å²) in [4.78, 5) is 13.1. The normalized spacial score (nSPS) is 11.7. The summed E-state index contributed by atoms with van der Waals surface area (Å²) in [6.45, 7) is 0.841. The molecule has 2 N–H and O–H groups in total. The summed E-state index contributed by atoms with van der Waals surface area (Å²) in [7, 11) is 5.09. The Hall–Kier alpha value is -2.60. The molecule has 0 aliphatic heterocycles. The van der Waals surface area contributed by atoms with Gasteiger partial charge in [-0.15, -0.1) is 0 Å². The number of hydrogen-bond acceptors (Lipinski definition) is 3. The molecule has 1 atom stereocenters. The van der Waals surface area contributed by atoms with E-state index in [2.05, 4.69) is 5.32 Å². The summed E-state index contributed by atoms with van der Waals surface area (Å²) in [5, 5.41) is 2.69. The average Bonchev–Trinajstić information content (AvgIpc) is 2.54. The number of nitrogens with one attached hydrogen (secondary N) is 2. The molecule has 128 valence electrons. The maximum Gasteiger partial charge on any atom is 0.279 e. The van der Waals surface area contributed by atoms with Crippen LogP contribution >= 0.6 is 0 Å². The Bertz CT molecular complexity index is 706. The number of benzene rings is 2. The molecule has 0 aromatic heterocycles. The van der Waals surface area contributed by atoms with Crippen LogP contribution in [0.5, 0.6) is 11.5 Å². The summed E-state index contributed by atoms with van der Waals surface area (Å²) in [6, 6.07) is 11.5. The van der Waals surface area contributed by atoms with Crippen LogP contribution in [0.15, 0.2) is 42.5 Å². The summed E-state index contributed by atoms with van der Waals surface area (Å²) < 4.78 is 23.8. The van der Waals surface area contributed by atoms with Gasteiger partial charge in [0.25, 0.3) is 5.91 Å². The van der Waals surface area contributed by atoms with Crippen molar-refractivity contribution in [2.75, 3.05) is 33.1 Å². The van der Waals surface area contributed by atoms with Crippen LogP contribution in [0.4, 0.5) is 10.1 Å². The zero-order valence-electron chi connectivity index (χ0n) is 14.1. The number of hydrogen-bond donors (Lipinski definition) is 2. The topological polar surface area (TPSA) is 52.0 Å². The second-order valence-electron chi connectivity index (χ2n) is 5.52. The monoisotopic (exact) mass is 333 g/mol. The van der Waals surface area contributed by atoms with Gasteiger partial charge in [-0.1, -0.05) is 12.1 Å². The largest absolute Gasteiger partial charge is 0.493 e. The van der Waals surface area contributed by atoms with E-state index in [1.165, 1.54) is 12.1 Å². The fourth-order valence-electron chi connectivity index (χ4n) is 2.53. The Labute approximate surface area is 141 Å². The van der Waals surface area contributed by atoms with Gasteiger partial charge < -0.3 is 19.7 Å². The number of carbonyl (C=O) groups is 1. The van der Waals surface area contributed by atoms with Gasteiger partial charge in [0.15, 0.2) is 18.0 Å². The van der Waals surface area contributed by atoms with Crippen LogP contribution in [-0.4, -0.2) is 33.7 Å². The number of ether oxygens (including phenoxy) is 2. The van der Waals surface area contributed by atoms with E-state index < -0.39 is 0 Å². The van der Waals surface area contributed by atoms with Crippen molar-refractivity contribution >= 4 is 11.6 Å². The molecule has 5 nitrogen and oxygen atoms in total. The molecule has 1 amide bonds. The number of anilines is 1. The SMILES string of the molecule is COc1cccc(C[NH+](C)CC(=O)Nc2cccc(F)c2)c1OC. The number of methoxy groups -OCH3 is 2. The molecule has 24 heavy (non-hydrogen) atoms. The molecule has 0 radical (unpaired) electrons. The lowest BCUT2D eigenvalue weighted by Crippen LogP contribution is -3.08. The fraction of sp³-hybridized carbons (Fsp3) is 0.278. The van der Waals surface area contributed by atoms with Crippen LogP contribution in [0.2, 0.25) is 0 Å². The molecule has 0 bridgehead atoms. The predicted molar refractivity (Wildman–Crippen MR) is 90.0 cm³/mol. The zero-order valence-corrected chi connectivity index (χ0v) is 14.1. The Morgan fingerprint density at radius 3 is 2.58 bits per heavy atom. The van der Waals surface area contributed by atoms with Gasteiger partial charge in [-0.2, -0.15) is 0 Å². The third-order valence-corrected chi connectivity index (χ3v) is 3.55. The van der Waals surface area contributed by atoms with Gasteiger partial charge in [0, 0.05) is 5.69 Å². The first kappa shape index (κ1) is 17.7. The molecule has 2 rings (SSSR count). The highest BCUT2D eigenvalue weighted by molar-refractivity contribution is 5.91.